The van der Waals surface area contributed by atoms with Gasteiger partial charge in [0.05, 0.1) is 12.2 Å². The first-order valence-corrected chi connectivity index (χ1v) is 9.56. The molecule has 140 valence electrons. The molecule has 2 N–H and O–H groups in total. The minimum atomic E-state index is -0.0985. The number of nitrogens with zero attached hydrogens (tertiary/aromatic N) is 1. The Morgan fingerprint density at radius 2 is 1.93 bits per heavy atom. The monoisotopic (exact) mass is 389 g/mol. The van der Waals surface area contributed by atoms with Crippen LogP contribution in [0.25, 0.3) is 10.9 Å². The number of hydrogen-bond acceptors (Lipinski definition) is 2. The normalized spacial score (nSPS) is 12.0. The standard InChI is InChI=1S/C23H20ClN3O/c24-17-7-5-6-16(12-17)20(21-15-26-22-10-2-1-9-19(21)22)13-23(28)27-14-18-8-3-4-11-25-18/h1-12,15,20,26H,13-14H2,(H,27,28). The Morgan fingerprint density at radius 1 is 1.07 bits per heavy atom. The molecule has 0 saturated heterocycles. The summed E-state index contributed by atoms with van der Waals surface area (Å²) < 4.78 is 0. The molecule has 1 amide bonds. The van der Waals surface area contributed by atoms with E-state index >= 15 is 0 Å². The summed E-state index contributed by atoms with van der Waals surface area (Å²) in [6.45, 7) is 0.413. The number of hydrogen-bond donors (Lipinski definition) is 2. The fourth-order valence-electron chi connectivity index (χ4n) is 3.46. The molecule has 4 nitrogen and oxygen atoms in total. The van der Waals surface area contributed by atoms with Crippen LogP contribution in [0.1, 0.15) is 29.2 Å². The van der Waals surface area contributed by atoms with Crippen LogP contribution in [-0.2, 0) is 11.3 Å². The Labute approximate surface area is 168 Å². The third-order valence-corrected chi connectivity index (χ3v) is 5.07. The highest BCUT2D eigenvalue weighted by molar-refractivity contribution is 6.30. The number of para-hydroxylation sites is 1. The van der Waals surface area contributed by atoms with E-state index in [0.717, 1.165) is 27.7 Å². The van der Waals surface area contributed by atoms with Gasteiger partial charge < -0.3 is 10.3 Å². The number of halogens is 1. The second-order valence-corrected chi connectivity index (χ2v) is 7.14. The molecular formula is C23H20ClN3O. The van der Waals surface area contributed by atoms with E-state index in [1.165, 1.54) is 0 Å². The van der Waals surface area contributed by atoms with Crippen molar-refractivity contribution in [3.05, 3.63) is 101 Å². The number of H-pyrrole nitrogens is 1. The molecule has 0 fully saturated rings. The number of carbonyl (C=O) groups is 1. The number of aromatic amines is 1. The maximum absolute atomic E-state index is 12.7. The summed E-state index contributed by atoms with van der Waals surface area (Å²) in [7, 11) is 0. The van der Waals surface area contributed by atoms with Gasteiger partial charge in [-0.3, -0.25) is 9.78 Å². The van der Waals surface area contributed by atoms with Crippen LogP contribution < -0.4 is 5.32 Å². The van der Waals surface area contributed by atoms with Gasteiger partial charge in [0.1, 0.15) is 0 Å². The van der Waals surface area contributed by atoms with Crippen LogP contribution in [-0.4, -0.2) is 15.9 Å². The topological polar surface area (TPSA) is 57.8 Å². The summed E-state index contributed by atoms with van der Waals surface area (Å²) in [6, 6.07) is 21.5. The summed E-state index contributed by atoms with van der Waals surface area (Å²) in [5, 5.41) is 4.76. The number of amides is 1. The van der Waals surface area contributed by atoms with E-state index in [2.05, 4.69) is 21.4 Å². The molecule has 0 aliphatic heterocycles. The lowest BCUT2D eigenvalue weighted by Gasteiger charge is -2.17. The molecule has 5 heteroatoms. The molecule has 4 aromatic rings. The van der Waals surface area contributed by atoms with Gasteiger partial charge in [0.2, 0.25) is 5.91 Å². The Balaban J connectivity index is 1.61. The van der Waals surface area contributed by atoms with E-state index in [0.29, 0.717) is 18.0 Å². The summed E-state index contributed by atoms with van der Waals surface area (Å²) >= 11 is 6.23. The largest absolute Gasteiger partial charge is 0.361 e. The van der Waals surface area contributed by atoms with Crippen molar-refractivity contribution in [1.29, 1.82) is 0 Å². The summed E-state index contributed by atoms with van der Waals surface area (Å²) in [6.07, 6.45) is 4.04. The van der Waals surface area contributed by atoms with Gasteiger partial charge in [0.15, 0.2) is 0 Å². The lowest BCUT2D eigenvalue weighted by molar-refractivity contribution is -0.121. The van der Waals surface area contributed by atoms with Crippen molar-refractivity contribution >= 4 is 28.4 Å². The van der Waals surface area contributed by atoms with Crippen molar-refractivity contribution in [3.8, 4) is 0 Å². The van der Waals surface area contributed by atoms with Gasteiger partial charge in [-0.15, -0.1) is 0 Å². The molecule has 0 aliphatic rings. The first-order chi connectivity index (χ1) is 13.7. The van der Waals surface area contributed by atoms with E-state index < -0.39 is 0 Å². The van der Waals surface area contributed by atoms with Crippen LogP contribution in [0.5, 0.6) is 0 Å². The fourth-order valence-corrected chi connectivity index (χ4v) is 3.66. The van der Waals surface area contributed by atoms with Crippen molar-refractivity contribution in [2.75, 3.05) is 0 Å². The number of rotatable bonds is 6. The average Bonchev–Trinajstić information content (AvgIpc) is 3.15. The van der Waals surface area contributed by atoms with Crippen molar-refractivity contribution in [1.82, 2.24) is 15.3 Å². The molecule has 1 atom stereocenters. The Morgan fingerprint density at radius 3 is 2.75 bits per heavy atom. The number of nitrogens with one attached hydrogen (secondary N) is 2. The molecule has 2 aromatic carbocycles. The second kappa shape index (κ2) is 8.28. The highest BCUT2D eigenvalue weighted by Gasteiger charge is 2.21. The highest BCUT2D eigenvalue weighted by atomic mass is 35.5. The minimum absolute atomic E-state index is 0.0269. The van der Waals surface area contributed by atoms with Crippen LogP contribution in [0.3, 0.4) is 0 Å². The van der Waals surface area contributed by atoms with E-state index in [4.69, 9.17) is 11.6 Å². The zero-order chi connectivity index (χ0) is 19.3. The molecule has 4 rings (SSSR count). The molecule has 28 heavy (non-hydrogen) atoms. The molecule has 1 unspecified atom stereocenters. The third kappa shape index (κ3) is 4.07. The summed E-state index contributed by atoms with van der Waals surface area (Å²) in [5.41, 5.74) is 4.00. The lowest BCUT2D eigenvalue weighted by atomic mass is 9.88. The smallest absolute Gasteiger partial charge is 0.221 e. The summed E-state index contributed by atoms with van der Waals surface area (Å²) in [4.78, 5) is 20.3. The van der Waals surface area contributed by atoms with E-state index in [-0.39, 0.29) is 11.8 Å². The van der Waals surface area contributed by atoms with Gasteiger partial charge in [0.25, 0.3) is 0 Å². The van der Waals surface area contributed by atoms with Gasteiger partial charge in [-0.1, -0.05) is 48.0 Å². The molecule has 0 saturated carbocycles. The van der Waals surface area contributed by atoms with Gasteiger partial charge in [-0.25, -0.2) is 0 Å². The predicted octanol–water partition coefficient (Wildman–Crippen LogP) is 5.05. The van der Waals surface area contributed by atoms with Crippen LogP contribution >= 0.6 is 11.6 Å². The fraction of sp³-hybridized carbons (Fsp3) is 0.130. The SMILES string of the molecule is O=C(CC(c1cccc(Cl)c1)c1c[nH]c2ccccc12)NCc1ccccn1. The second-order valence-electron chi connectivity index (χ2n) is 6.70. The van der Waals surface area contributed by atoms with Crippen molar-refractivity contribution in [2.45, 2.75) is 18.9 Å². The molecular weight excluding hydrogens is 370 g/mol. The van der Waals surface area contributed by atoms with E-state index in [9.17, 15) is 4.79 Å². The number of aromatic nitrogens is 2. The van der Waals surface area contributed by atoms with Crippen molar-refractivity contribution in [2.24, 2.45) is 0 Å². The predicted molar refractivity (Wildman–Crippen MR) is 112 cm³/mol. The zero-order valence-electron chi connectivity index (χ0n) is 15.2. The van der Waals surface area contributed by atoms with Crippen LogP contribution in [0, 0.1) is 0 Å². The lowest BCUT2D eigenvalue weighted by Crippen LogP contribution is -2.25. The Hall–Kier alpha value is -3.11. The first kappa shape index (κ1) is 18.3. The van der Waals surface area contributed by atoms with Gasteiger partial charge in [-0.05, 0) is 41.5 Å². The first-order valence-electron chi connectivity index (χ1n) is 9.19. The number of pyridine rings is 1. The van der Waals surface area contributed by atoms with Crippen LogP contribution in [0.2, 0.25) is 5.02 Å². The molecule has 0 spiro atoms. The highest BCUT2D eigenvalue weighted by Crippen LogP contribution is 2.34. The van der Waals surface area contributed by atoms with Gasteiger partial charge in [-0.2, -0.15) is 0 Å². The Kier molecular flexibility index (Phi) is 5.40. The average molecular weight is 390 g/mol. The summed E-state index contributed by atoms with van der Waals surface area (Å²) in [5.74, 6) is -0.125. The van der Waals surface area contributed by atoms with Crippen LogP contribution in [0.15, 0.2) is 79.1 Å². The maximum Gasteiger partial charge on any atom is 0.221 e. The number of carbonyl (C=O) groups excluding carboxylic acids is 1. The zero-order valence-corrected chi connectivity index (χ0v) is 16.0. The molecule has 0 aliphatic carbocycles. The van der Waals surface area contributed by atoms with Crippen LogP contribution in [0.4, 0.5) is 0 Å². The van der Waals surface area contributed by atoms with E-state index in [1.807, 2.05) is 66.9 Å². The minimum Gasteiger partial charge on any atom is -0.361 e. The molecule has 2 heterocycles. The quantitative estimate of drug-likeness (QED) is 0.484. The van der Waals surface area contributed by atoms with Crippen molar-refractivity contribution < 1.29 is 4.79 Å². The van der Waals surface area contributed by atoms with E-state index in [1.54, 1.807) is 6.20 Å². The number of fused-ring (bicyclic) bond motifs is 1. The Bertz CT molecular complexity index is 1090. The molecule has 0 radical (unpaired) electrons. The third-order valence-electron chi connectivity index (χ3n) is 4.83. The maximum atomic E-state index is 12.7. The molecule has 2 aromatic heterocycles. The number of benzene rings is 2. The van der Waals surface area contributed by atoms with Gasteiger partial charge in [0, 0.05) is 40.7 Å². The van der Waals surface area contributed by atoms with Crippen molar-refractivity contribution in [3.63, 3.8) is 0 Å². The van der Waals surface area contributed by atoms with Gasteiger partial charge >= 0.3 is 0 Å². The molecule has 0 bridgehead atoms.